The smallest absolute Gasteiger partial charge is 0.234 e. The minimum Gasteiger partial charge on any atom is -0.325 e. The molecule has 0 fully saturated rings. The number of carbonyl (C=O) groups excluding carboxylic acids is 2. The van der Waals surface area contributed by atoms with E-state index in [1.165, 1.54) is 32.9 Å². The molecule has 0 unspecified atom stereocenters. The Morgan fingerprint density at radius 2 is 1.17 bits per heavy atom. The molecule has 14 heteroatoms. The molecular weight excluding hydrogens is 500 g/mol. The first kappa shape index (κ1) is 25.3. The minimum atomic E-state index is -0.136. The highest BCUT2D eigenvalue weighted by Crippen LogP contribution is 2.28. The van der Waals surface area contributed by atoms with E-state index in [0.29, 0.717) is 10.3 Å². The Labute approximate surface area is 215 Å². The summed E-state index contributed by atoms with van der Waals surface area (Å²) in [6.45, 7) is 3.90. The highest BCUT2D eigenvalue weighted by atomic mass is 32.2. The summed E-state index contributed by atoms with van der Waals surface area (Å²) >= 11 is 2.54. The second-order valence-corrected chi connectivity index (χ2v) is 9.79. The van der Waals surface area contributed by atoms with Crippen LogP contribution in [0.25, 0.3) is 11.1 Å². The number of carbonyl (C=O) groups is 2. The zero-order valence-electron chi connectivity index (χ0n) is 20.1. The maximum Gasteiger partial charge on any atom is 0.234 e. The maximum absolute atomic E-state index is 12.4. The van der Waals surface area contributed by atoms with Crippen molar-refractivity contribution in [1.82, 2.24) is 40.4 Å². The van der Waals surface area contributed by atoms with Crippen molar-refractivity contribution >= 4 is 46.7 Å². The van der Waals surface area contributed by atoms with E-state index in [4.69, 9.17) is 0 Å². The number of hydrogen-bond donors (Lipinski definition) is 2. The summed E-state index contributed by atoms with van der Waals surface area (Å²) in [4.78, 5) is 24.7. The van der Waals surface area contributed by atoms with Crippen LogP contribution in [0.1, 0.15) is 11.1 Å². The molecule has 4 aromatic rings. The van der Waals surface area contributed by atoms with Crippen LogP contribution >= 0.6 is 23.5 Å². The summed E-state index contributed by atoms with van der Waals surface area (Å²) in [5.41, 5.74) is 5.40. The van der Waals surface area contributed by atoms with Crippen molar-refractivity contribution in [1.29, 1.82) is 0 Å². The monoisotopic (exact) mass is 524 g/mol. The molecule has 2 amide bonds. The predicted molar refractivity (Wildman–Crippen MR) is 138 cm³/mol. The molecule has 12 nitrogen and oxygen atoms in total. The van der Waals surface area contributed by atoms with E-state index in [-0.39, 0.29) is 23.3 Å². The second kappa shape index (κ2) is 11.3. The van der Waals surface area contributed by atoms with Crippen molar-refractivity contribution in [2.24, 2.45) is 14.1 Å². The van der Waals surface area contributed by atoms with Crippen LogP contribution in [-0.2, 0) is 23.7 Å². The van der Waals surface area contributed by atoms with E-state index in [1.807, 2.05) is 50.2 Å². The molecule has 2 aromatic carbocycles. The van der Waals surface area contributed by atoms with E-state index in [1.54, 1.807) is 14.1 Å². The number of hydrogen-bond acceptors (Lipinski definition) is 10. The third-order valence-electron chi connectivity index (χ3n) is 5.16. The van der Waals surface area contributed by atoms with Gasteiger partial charge in [-0.1, -0.05) is 35.7 Å². The first-order valence-corrected chi connectivity index (χ1v) is 12.8. The Bertz CT molecular complexity index is 1300. The fraction of sp³-hybridized carbons (Fsp3) is 0.273. The van der Waals surface area contributed by atoms with E-state index in [9.17, 15) is 9.59 Å². The number of anilines is 2. The van der Waals surface area contributed by atoms with Gasteiger partial charge in [-0.15, -0.1) is 10.2 Å². The lowest BCUT2D eigenvalue weighted by Gasteiger charge is -2.13. The summed E-state index contributed by atoms with van der Waals surface area (Å²) in [7, 11) is 3.45. The molecule has 0 saturated heterocycles. The number of nitrogens with one attached hydrogen (secondary N) is 2. The van der Waals surface area contributed by atoms with Crippen LogP contribution in [0.3, 0.4) is 0 Å². The van der Waals surface area contributed by atoms with Crippen LogP contribution in [0.2, 0.25) is 0 Å². The number of aromatic nitrogens is 8. The standard InChI is InChI=1S/C22H24N10O2S2/c1-13-9-15(5-7-17(13)23-19(33)11-35-21-25-27-29-31(21)3)16-6-8-18(14(2)10-16)24-20(34)12-36-22-26-28-30-32(22)4/h5-10H,11-12H2,1-4H3,(H,23,33)(H,24,34). The third-order valence-corrected chi connectivity index (χ3v) is 7.18. The number of tetrazole rings is 2. The van der Waals surface area contributed by atoms with Gasteiger partial charge in [0.1, 0.15) is 0 Å². The number of rotatable bonds is 9. The summed E-state index contributed by atoms with van der Waals surface area (Å²) in [5.74, 6) is 0.137. The third kappa shape index (κ3) is 6.26. The number of nitrogens with zero attached hydrogens (tertiary/aromatic N) is 8. The number of benzene rings is 2. The fourth-order valence-electron chi connectivity index (χ4n) is 3.29. The lowest BCUT2D eigenvalue weighted by Crippen LogP contribution is -2.15. The highest BCUT2D eigenvalue weighted by molar-refractivity contribution is 8.00. The zero-order chi connectivity index (χ0) is 25.7. The van der Waals surface area contributed by atoms with E-state index in [0.717, 1.165) is 33.6 Å². The molecule has 0 aliphatic carbocycles. The van der Waals surface area contributed by atoms with E-state index < -0.39 is 0 Å². The molecule has 2 N–H and O–H groups in total. The number of amides is 2. The zero-order valence-corrected chi connectivity index (χ0v) is 21.7. The van der Waals surface area contributed by atoms with Crippen LogP contribution in [0.15, 0.2) is 46.7 Å². The first-order valence-electron chi connectivity index (χ1n) is 10.8. The van der Waals surface area contributed by atoms with Crippen LogP contribution < -0.4 is 10.6 Å². The van der Waals surface area contributed by atoms with Crippen LogP contribution in [0, 0.1) is 13.8 Å². The first-order chi connectivity index (χ1) is 17.3. The largest absolute Gasteiger partial charge is 0.325 e. The molecule has 186 valence electrons. The Morgan fingerprint density at radius 3 is 1.50 bits per heavy atom. The molecule has 0 aliphatic heterocycles. The molecular formula is C22H24N10O2S2. The summed E-state index contributed by atoms with van der Waals surface area (Å²) < 4.78 is 3.04. The van der Waals surface area contributed by atoms with Crippen molar-refractivity contribution in [3.63, 3.8) is 0 Å². The van der Waals surface area contributed by atoms with E-state index in [2.05, 4.69) is 41.7 Å². The van der Waals surface area contributed by atoms with Crippen molar-refractivity contribution in [2.45, 2.75) is 24.2 Å². The van der Waals surface area contributed by atoms with Gasteiger partial charge in [0, 0.05) is 25.5 Å². The fourth-order valence-corrected chi connectivity index (χ4v) is 4.59. The van der Waals surface area contributed by atoms with Gasteiger partial charge in [0.05, 0.1) is 11.5 Å². The van der Waals surface area contributed by atoms with Crippen molar-refractivity contribution in [3.05, 3.63) is 47.5 Å². The Hall–Kier alpha value is -3.78. The Morgan fingerprint density at radius 1 is 0.750 bits per heavy atom. The average Bonchev–Trinajstić information content (AvgIpc) is 3.46. The molecule has 0 spiro atoms. The molecule has 2 heterocycles. The van der Waals surface area contributed by atoms with Crippen LogP contribution in [-0.4, -0.2) is 63.7 Å². The summed E-state index contributed by atoms with van der Waals surface area (Å²) in [5, 5.41) is 29.4. The Kier molecular flexibility index (Phi) is 7.95. The van der Waals surface area contributed by atoms with Gasteiger partial charge in [-0.05, 0) is 81.2 Å². The predicted octanol–water partition coefficient (Wildman–Crippen LogP) is 2.48. The minimum absolute atomic E-state index is 0.136. The second-order valence-electron chi connectivity index (χ2n) is 7.90. The molecule has 0 radical (unpaired) electrons. The molecule has 2 aromatic heterocycles. The van der Waals surface area contributed by atoms with Crippen LogP contribution in [0.5, 0.6) is 0 Å². The van der Waals surface area contributed by atoms with Gasteiger partial charge in [-0.3, -0.25) is 9.59 Å². The molecule has 0 bridgehead atoms. The summed E-state index contributed by atoms with van der Waals surface area (Å²) in [6, 6.07) is 11.7. The van der Waals surface area contributed by atoms with Crippen molar-refractivity contribution in [3.8, 4) is 11.1 Å². The number of thioether (sulfide) groups is 2. The van der Waals surface area contributed by atoms with Gasteiger partial charge in [0.2, 0.25) is 22.1 Å². The highest BCUT2D eigenvalue weighted by Gasteiger charge is 2.12. The van der Waals surface area contributed by atoms with Gasteiger partial charge < -0.3 is 10.6 Å². The van der Waals surface area contributed by atoms with Crippen LogP contribution in [0.4, 0.5) is 11.4 Å². The number of aryl methyl sites for hydroxylation is 4. The topological polar surface area (TPSA) is 145 Å². The molecule has 36 heavy (non-hydrogen) atoms. The van der Waals surface area contributed by atoms with Crippen molar-refractivity contribution < 1.29 is 9.59 Å². The molecule has 0 atom stereocenters. The quantitative estimate of drug-likeness (QED) is 0.313. The van der Waals surface area contributed by atoms with Gasteiger partial charge in [-0.25, -0.2) is 9.36 Å². The average molecular weight is 525 g/mol. The van der Waals surface area contributed by atoms with E-state index >= 15 is 0 Å². The SMILES string of the molecule is Cc1cc(-c2ccc(NC(=O)CSc3nnnn3C)c(C)c2)ccc1NC(=O)CSc1nnnn1C. The molecule has 0 saturated carbocycles. The normalized spacial score (nSPS) is 10.9. The lowest BCUT2D eigenvalue weighted by atomic mass is 10.00. The lowest BCUT2D eigenvalue weighted by molar-refractivity contribution is -0.114. The van der Waals surface area contributed by atoms with Crippen molar-refractivity contribution in [2.75, 3.05) is 22.1 Å². The molecule has 0 aliphatic rings. The Balaban J connectivity index is 1.35. The van der Waals surface area contributed by atoms with Gasteiger partial charge in [-0.2, -0.15) is 0 Å². The van der Waals surface area contributed by atoms with Gasteiger partial charge in [0.25, 0.3) is 0 Å². The van der Waals surface area contributed by atoms with Gasteiger partial charge >= 0.3 is 0 Å². The summed E-state index contributed by atoms with van der Waals surface area (Å²) in [6.07, 6.45) is 0. The maximum atomic E-state index is 12.4. The van der Waals surface area contributed by atoms with Gasteiger partial charge in [0.15, 0.2) is 0 Å². The molecule has 4 rings (SSSR count).